The molecular weight excluding hydrogens is 420 g/mol. The van der Waals surface area contributed by atoms with Crippen LogP contribution in [0.1, 0.15) is 15.9 Å². The predicted octanol–water partition coefficient (Wildman–Crippen LogP) is 1.10. The summed E-state index contributed by atoms with van der Waals surface area (Å²) in [6.07, 6.45) is 0. The van der Waals surface area contributed by atoms with E-state index in [2.05, 4.69) is 15.2 Å². The van der Waals surface area contributed by atoms with E-state index in [-0.39, 0.29) is 11.8 Å². The number of benzene rings is 2. The number of ether oxygens (including phenoxy) is 1. The Hall–Kier alpha value is -3.30. The molecule has 5 rings (SSSR count). The minimum atomic E-state index is 0.0342. The summed E-state index contributed by atoms with van der Waals surface area (Å²) in [5.41, 5.74) is 3.60. The minimum Gasteiger partial charge on any atom is -0.378 e. The number of aromatic nitrogens is 3. The molecule has 0 aliphatic carbocycles. The number of morpholine rings is 1. The van der Waals surface area contributed by atoms with Crippen LogP contribution in [0.3, 0.4) is 0 Å². The number of fused-ring (bicyclic) bond motifs is 1. The van der Waals surface area contributed by atoms with Gasteiger partial charge in [0, 0.05) is 44.8 Å². The van der Waals surface area contributed by atoms with Gasteiger partial charge in [-0.3, -0.25) is 14.5 Å². The third-order valence-electron chi connectivity index (χ3n) is 6.34. The molecule has 3 aromatic rings. The van der Waals surface area contributed by atoms with Crippen molar-refractivity contribution in [1.82, 2.24) is 29.7 Å². The van der Waals surface area contributed by atoms with E-state index in [4.69, 9.17) is 4.74 Å². The minimum absolute atomic E-state index is 0.0342. The zero-order valence-corrected chi connectivity index (χ0v) is 18.6. The van der Waals surface area contributed by atoms with Crippen molar-refractivity contribution in [3.63, 3.8) is 0 Å². The highest BCUT2D eigenvalue weighted by Gasteiger charge is 2.25. The number of rotatable bonds is 5. The molecule has 1 aromatic heterocycles. The summed E-state index contributed by atoms with van der Waals surface area (Å²) in [7, 11) is 0. The van der Waals surface area contributed by atoms with Gasteiger partial charge in [0.05, 0.1) is 31.8 Å². The Balaban J connectivity index is 1.14. The molecule has 172 valence electrons. The van der Waals surface area contributed by atoms with Crippen molar-refractivity contribution in [2.24, 2.45) is 0 Å². The van der Waals surface area contributed by atoms with E-state index in [0.717, 1.165) is 16.6 Å². The monoisotopic (exact) mass is 448 g/mol. The van der Waals surface area contributed by atoms with Gasteiger partial charge in [0.1, 0.15) is 5.52 Å². The Bertz CT molecular complexity index is 1110. The van der Waals surface area contributed by atoms with Crippen LogP contribution in [0.4, 0.5) is 0 Å². The summed E-state index contributed by atoms with van der Waals surface area (Å²) in [4.78, 5) is 31.3. The predicted molar refractivity (Wildman–Crippen MR) is 123 cm³/mol. The first-order valence-corrected chi connectivity index (χ1v) is 11.4. The number of nitrogens with zero attached hydrogens (tertiary/aromatic N) is 6. The van der Waals surface area contributed by atoms with Crippen LogP contribution in [-0.2, 0) is 16.1 Å². The first-order chi connectivity index (χ1) is 16.2. The van der Waals surface area contributed by atoms with E-state index in [0.29, 0.717) is 71.1 Å². The quantitative estimate of drug-likeness (QED) is 0.581. The summed E-state index contributed by atoms with van der Waals surface area (Å²) in [6, 6.07) is 15.6. The Morgan fingerprint density at radius 1 is 0.848 bits per heavy atom. The number of para-hydroxylation sites is 1. The normalized spacial score (nSPS) is 17.5. The molecule has 2 amide bonds. The Morgan fingerprint density at radius 3 is 2.33 bits per heavy atom. The van der Waals surface area contributed by atoms with Crippen LogP contribution in [0.25, 0.3) is 11.0 Å². The highest BCUT2D eigenvalue weighted by atomic mass is 16.5. The summed E-state index contributed by atoms with van der Waals surface area (Å²) in [6.45, 7) is 6.24. The van der Waals surface area contributed by atoms with E-state index in [1.165, 1.54) is 0 Å². The molecule has 0 N–H and O–H groups in total. The fourth-order valence-corrected chi connectivity index (χ4v) is 4.36. The number of hydrogen-bond acceptors (Lipinski definition) is 6. The van der Waals surface area contributed by atoms with Crippen LogP contribution in [-0.4, -0.2) is 101 Å². The lowest BCUT2D eigenvalue weighted by Crippen LogP contribution is -2.52. The third kappa shape index (κ3) is 4.89. The van der Waals surface area contributed by atoms with Gasteiger partial charge in [-0.25, -0.2) is 4.68 Å². The van der Waals surface area contributed by atoms with Crippen LogP contribution in [0.2, 0.25) is 0 Å². The maximum Gasteiger partial charge on any atom is 0.253 e. The molecular formula is C24H28N6O3. The largest absolute Gasteiger partial charge is 0.378 e. The zero-order chi connectivity index (χ0) is 22.6. The van der Waals surface area contributed by atoms with Gasteiger partial charge in [-0.2, -0.15) is 0 Å². The maximum atomic E-state index is 13.0. The molecule has 9 heteroatoms. The summed E-state index contributed by atoms with van der Waals surface area (Å²) >= 11 is 0. The van der Waals surface area contributed by atoms with Crippen molar-refractivity contribution in [2.45, 2.75) is 6.54 Å². The van der Waals surface area contributed by atoms with Gasteiger partial charge in [-0.05, 0) is 29.8 Å². The van der Waals surface area contributed by atoms with Crippen molar-refractivity contribution >= 4 is 22.8 Å². The van der Waals surface area contributed by atoms with Gasteiger partial charge in [0.25, 0.3) is 5.91 Å². The molecule has 0 radical (unpaired) electrons. The molecule has 0 unspecified atom stereocenters. The summed E-state index contributed by atoms with van der Waals surface area (Å²) in [5.74, 6) is 0.181. The van der Waals surface area contributed by atoms with Gasteiger partial charge in [0.2, 0.25) is 5.91 Å². The van der Waals surface area contributed by atoms with Crippen LogP contribution in [0.5, 0.6) is 0 Å². The average Bonchev–Trinajstić information content (AvgIpc) is 3.28. The van der Waals surface area contributed by atoms with E-state index in [9.17, 15) is 9.59 Å². The second-order valence-corrected chi connectivity index (χ2v) is 8.49. The second kappa shape index (κ2) is 9.68. The first-order valence-electron chi connectivity index (χ1n) is 11.4. The number of carbonyl (C=O) groups excluding carboxylic acids is 2. The van der Waals surface area contributed by atoms with Crippen LogP contribution in [0.15, 0.2) is 48.5 Å². The highest BCUT2D eigenvalue weighted by molar-refractivity contribution is 5.94. The number of piperazine rings is 1. The molecule has 2 saturated heterocycles. The zero-order valence-electron chi connectivity index (χ0n) is 18.6. The first kappa shape index (κ1) is 21.5. The van der Waals surface area contributed by atoms with Crippen molar-refractivity contribution in [1.29, 1.82) is 0 Å². The number of amides is 2. The molecule has 2 fully saturated rings. The van der Waals surface area contributed by atoms with E-state index in [1.807, 2.05) is 63.0 Å². The van der Waals surface area contributed by atoms with Crippen LogP contribution >= 0.6 is 0 Å². The molecule has 0 saturated carbocycles. The molecule has 3 heterocycles. The molecule has 0 spiro atoms. The van der Waals surface area contributed by atoms with Crippen molar-refractivity contribution in [2.75, 3.05) is 59.0 Å². The van der Waals surface area contributed by atoms with Crippen molar-refractivity contribution in [3.05, 3.63) is 59.7 Å². The van der Waals surface area contributed by atoms with E-state index >= 15 is 0 Å². The summed E-state index contributed by atoms with van der Waals surface area (Å²) in [5, 5.41) is 8.42. The van der Waals surface area contributed by atoms with Gasteiger partial charge in [0.15, 0.2) is 0 Å². The second-order valence-electron chi connectivity index (χ2n) is 8.49. The fraction of sp³-hybridized carbons (Fsp3) is 0.417. The van der Waals surface area contributed by atoms with Gasteiger partial charge in [-0.15, -0.1) is 5.10 Å². The van der Waals surface area contributed by atoms with E-state index < -0.39 is 0 Å². The maximum absolute atomic E-state index is 13.0. The third-order valence-corrected chi connectivity index (χ3v) is 6.34. The molecule has 0 bridgehead atoms. The Labute approximate surface area is 192 Å². The van der Waals surface area contributed by atoms with Gasteiger partial charge < -0.3 is 14.5 Å². The molecule has 2 aromatic carbocycles. The van der Waals surface area contributed by atoms with Gasteiger partial charge >= 0.3 is 0 Å². The number of hydrogen-bond donors (Lipinski definition) is 0. The lowest BCUT2D eigenvalue weighted by molar-refractivity contribution is -0.136. The molecule has 9 nitrogen and oxygen atoms in total. The number of carbonyl (C=O) groups is 2. The SMILES string of the molecule is O=C(CN1CCN(C(=O)c2ccc(Cn3nnc4ccccc43)cc2)CC1)N1CCOCC1. The standard InChI is InChI=1S/C24H28N6O3/c31-23(28-13-15-33-16-14-28)18-27-9-11-29(12-10-27)24(32)20-7-5-19(6-8-20)17-30-22-4-2-1-3-21(22)25-26-30/h1-8H,9-18H2. The van der Waals surface area contributed by atoms with Crippen LogP contribution < -0.4 is 0 Å². The topological polar surface area (TPSA) is 83.8 Å². The molecule has 0 atom stereocenters. The van der Waals surface area contributed by atoms with Crippen molar-refractivity contribution in [3.8, 4) is 0 Å². The van der Waals surface area contributed by atoms with Gasteiger partial charge in [-0.1, -0.05) is 29.5 Å². The average molecular weight is 449 g/mol. The lowest BCUT2D eigenvalue weighted by Gasteiger charge is -2.36. The molecule has 2 aliphatic rings. The fourth-order valence-electron chi connectivity index (χ4n) is 4.36. The van der Waals surface area contributed by atoms with Crippen LogP contribution in [0, 0.1) is 0 Å². The molecule has 33 heavy (non-hydrogen) atoms. The van der Waals surface area contributed by atoms with E-state index in [1.54, 1.807) is 0 Å². The Morgan fingerprint density at radius 2 is 1.58 bits per heavy atom. The summed E-state index contributed by atoms with van der Waals surface area (Å²) < 4.78 is 7.18. The van der Waals surface area contributed by atoms with Crippen molar-refractivity contribution < 1.29 is 14.3 Å². The smallest absolute Gasteiger partial charge is 0.253 e. The lowest BCUT2D eigenvalue weighted by atomic mass is 10.1. The molecule has 2 aliphatic heterocycles. The Kier molecular flexibility index (Phi) is 6.32. The highest BCUT2D eigenvalue weighted by Crippen LogP contribution is 2.15.